The van der Waals surface area contributed by atoms with Crippen molar-refractivity contribution in [2.24, 2.45) is 10.1 Å². The average molecular weight is 736 g/mol. The van der Waals surface area contributed by atoms with Crippen molar-refractivity contribution in [3.63, 3.8) is 0 Å². The van der Waals surface area contributed by atoms with Gasteiger partial charge in [-0.15, -0.1) is 0 Å². The summed E-state index contributed by atoms with van der Waals surface area (Å²) in [6.07, 6.45) is 9.81. The number of ether oxygens (including phenoxy) is 1. The monoisotopic (exact) mass is 735 g/mol. The van der Waals surface area contributed by atoms with E-state index in [0.717, 1.165) is 5.57 Å². The first-order valence-corrected chi connectivity index (χ1v) is 15.9. The normalized spacial score (nSPS) is 21.1. The summed E-state index contributed by atoms with van der Waals surface area (Å²) in [6, 6.07) is 10.8. The zero-order valence-electron chi connectivity index (χ0n) is 25.8. The number of aliphatic imine (C=N–C) groups is 1. The van der Waals surface area contributed by atoms with Crippen LogP contribution in [0.2, 0.25) is 0 Å². The zero-order valence-corrected chi connectivity index (χ0v) is 31.4. The molecule has 0 bridgehead atoms. The predicted octanol–water partition coefficient (Wildman–Crippen LogP) is 1.00. The van der Waals surface area contributed by atoms with Crippen LogP contribution in [0.1, 0.15) is 33.3 Å². The third-order valence-electron chi connectivity index (χ3n) is 5.32. The van der Waals surface area contributed by atoms with Gasteiger partial charge in [-0.05, 0) is 37.2 Å². The van der Waals surface area contributed by atoms with E-state index in [0.29, 0.717) is 30.3 Å². The molecule has 254 valence electrons. The molecule has 12 nitrogen and oxygen atoms in total. The molecule has 0 aliphatic carbocycles. The van der Waals surface area contributed by atoms with E-state index < -0.39 is 46.9 Å². The minimum Gasteiger partial charge on any atom is -0.714 e. The second kappa shape index (κ2) is 30.4. The number of thioether (sulfide) groups is 1. The van der Waals surface area contributed by atoms with Gasteiger partial charge >= 0.3 is 51.4 Å². The Bertz CT molecular complexity index is 1360. The summed E-state index contributed by atoms with van der Waals surface area (Å²) in [6.45, 7) is 7.39. The van der Waals surface area contributed by atoms with Crippen LogP contribution in [0.4, 0.5) is 0 Å². The van der Waals surface area contributed by atoms with Crippen molar-refractivity contribution in [1.29, 1.82) is 5.26 Å². The Morgan fingerprint density at radius 1 is 1.17 bits per heavy atom. The second-order valence-corrected chi connectivity index (χ2v) is 10.9. The van der Waals surface area contributed by atoms with Gasteiger partial charge in [-0.1, -0.05) is 110 Å². The molecular formula is C31H42KN3O9S3. The van der Waals surface area contributed by atoms with Gasteiger partial charge in [-0.2, -0.15) is 13.7 Å². The molecule has 0 radical (unpaired) electrons. The van der Waals surface area contributed by atoms with Crippen LogP contribution >= 0.6 is 24.0 Å². The van der Waals surface area contributed by atoms with Gasteiger partial charge in [0.25, 0.3) is 10.4 Å². The standard InChI is InChI=1S/C14H19NO9S2.C8H9NS.C8H11N.CH4.K/c16-7-9-11(17)12(18)13(19)14(23-9)25-10(15-24-26(20,21)22)6-8-4-2-1-3-5-8;1-2-3-4-5-6-7-9-8-10;1-3-5-8(4-2)6-7-9;;/h1-5,9,11-14,16-19H,6-7H2,(H,20,21,22);2-6H,1,7H2;3-5H,6H2,1-2H3;1H4;/q;;;;+1/p-1/b15-10-;4-3-,6-5+;5-3-,8-4+;;/t9?,11-,12+,13?,14+;;;;/m1..../s1. The first-order valence-electron chi connectivity index (χ1n) is 13.3. The Morgan fingerprint density at radius 3 is 2.34 bits per heavy atom. The molecule has 4 N–H and O–H groups in total. The Labute approximate surface area is 330 Å². The number of nitriles is 1. The van der Waals surface area contributed by atoms with Crippen LogP contribution in [-0.2, 0) is 25.8 Å². The molecule has 47 heavy (non-hydrogen) atoms. The fourth-order valence-electron chi connectivity index (χ4n) is 3.19. The van der Waals surface area contributed by atoms with E-state index in [4.69, 9.17) is 10.00 Å². The molecule has 0 spiro atoms. The molecule has 0 amide bonds. The summed E-state index contributed by atoms with van der Waals surface area (Å²) in [5.74, 6) is 0. The van der Waals surface area contributed by atoms with Crippen molar-refractivity contribution < 1.29 is 93.8 Å². The number of hydrogen-bond acceptors (Lipinski definition) is 14. The summed E-state index contributed by atoms with van der Waals surface area (Å²) in [7, 11) is -5.08. The summed E-state index contributed by atoms with van der Waals surface area (Å²) < 4.78 is 41.2. The van der Waals surface area contributed by atoms with Gasteiger partial charge in [0.15, 0.2) is 0 Å². The van der Waals surface area contributed by atoms with Crippen molar-refractivity contribution in [2.75, 3.05) is 13.2 Å². The molecule has 5 atom stereocenters. The first-order chi connectivity index (χ1) is 21.5. The number of benzene rings is 1. The first kappa shape index (κ1) is 49.8. The van der Waals surface area contributed by atoms with Crippen LogP contribution in [0.25, 0.3) is 0 Å². The molecule has 1 fully saturated rings. The number of allylic oxidation sites excluding steroid dienone is 8. The van der Waals surface area contributed by atoms with E-state index in [1.54, 1.807) is 36.4 Å². The van der Waals surface area contributed by atoms with E-state index in [9.17, 15) is 33.4 Å². The number of rotatable bonds is 12. The Balaban J connectivity index is -0.000000765. The van der Waals surface area contributed by atoms with Crippen LogP contribution < -0.4 is 51.4 Å². The maximum atomic E-state index is 10.7. The third kappa shape index (κ3) is 24.2. The molecule has 0 saturated carbocycles. The van der Waals surface area contributed by atoms with Crippen LogP contribution in [0, 0.1) is 11.3 Å². The van der Waals surface area contributed by atoms with Gasteiger partial charge in [0.05, 0.1) is 30.8 Å². The van der Waals surface area contributed by atoms with Crippen molar-refractivity contribution >= 4 is 44.6 Å². The summed E-state index contributed by atoms with van der Waals surface area (Å²) in [5, 5.41) is 52.6. The van der Waals surface area contributed by atoms with Crippen LogP contribution in [0.15, 0.2) is 101 Å². The van der Waals surface area contributed by atoms with E-state index in [1.807, 2.05) is 56.4 Å². The molecule has 2 rings (SSSR count). The van der Waals surface area contributed by atoms with E-state index >= 15 is 0 Å². The number of thiocarbonyl (C=S) groups is 1. The summed E-state index contributed by atoms with van der Waals surface area (Å²) in [5.41, 5.74) is 0.598. The minimum absolute atomic E-state index is 0. The number of aliphatic hydroxyl groups excluding tert-OH is 4. The summed E-state index contributed by atoms with van der Waals surface area (Å²) >= 11 is 5.07. The molecule has 2 unspecified atom stereocenters. The second-order valence-electron chi connectivity index (χ2n) is 8.62. The van der Waals surface area contributed by atoms with E-state index in [1.165, 1.54) is 0 Å². The number of isothiocyanates is 1. The van der Waals surface area contributed by atoms with Crippen molar-refractivity contribution in [3.8, 4) is 6.07 Å². The smallest absolute Gasteiger partial charge is 0.714 e. The summed E-state index contributed by atoms with van der Waals surface area (Å²) in [4.78, 5) is 3.69. The fourth-order valence-corrected chi connectivity index (χ4v) is 4.59. The predicted molar refractivity (Wildman–Crippen MR) is 184 cm³/mol. The molecule has 16 heteroatoms. The molecule has 1 aromatic carbocycles. The van der Waals surface area contributed by atoms with Crippen molar-refractivity contribution in [2.45, 2.75) is 64.0 Å². The van der Waals surface area contributed by atoms with Gasteiger partial charge in [0.2, 0.25) is 0 Å². The fraction of sp³-hybridized carbons (Fsp3) is 0.387. The van der Waals surface area contributed by atoms with E-state index in [2.05, 4.69) is 44.5 Å². The number of oxime groups is 1. The number of nitrogens with zero attached hydrogens (tertiary/aromatic N) is 3. The van der Waals surface area contributed by atoms with Crippen molar-refractivity contribution in [3.05, 3.63) is 96.7 Å². The minimum atomic E-state index is -5.08. The molecule has 1 aliphatic heterocycles. The van der Waals surface area contributed by atoms with Gasteiger partial charge in [-0.25, -0.2) is 4.99 Å². The maximum Gasteiger partial charge on any atom is 1.00 e. The molecule has 0 aromatic heterocycles. The number of hydrogen-bond donors (Lipinski definition) is 4. The van der Waals surface area contributed by atoms with Gasteiger partial charge in [0, 0.05) is 6.42 Å². The third-order valence-corrected chi connectivity index (χ3v) is 6.82. The van der Waals surface area contributed by atoms with Gasteiger partial charge in [0.1, 0.15) is 34.9 Å². The number of aliphatic hydroxyl groups is 4. The van der Waals surface area contributed by atoms with E-state index in [-0.39, 0.29) is 70.3 Å². The van der Waals surface area contributed by atoms with Gasteiger partial charge < -0.3 is 29.7 Å². The molecule has 1 saturated heterocycles. The largest absolute Gasteiger partial charge is 1.00 e. The van der Waals surface area contributed by atoms with Crippen LogP contribution in [0.3, 0.4) is 0 Å². The SMILES string of the molecule is C.C/C=C\C(=C/C)CC#N.C=C/C=C\C=C\CN=C=S.O=S(=O)([O-])O/N=C(/Cc1ccccc1)S[C@@H]1OC(CO)[C@@H](O)[C@H](O)C1O.[K+]. The van der Waals surface area contributed by atoms with Crippen LogP contribution in [-0.4, -0.2) is 86.6 Å². The average Bonchev–Trinajstić information content (AvgIpc) is 3.02. The van der Waals surface area contributed by atoms with Gasteiger partial charge in [-0.3, -0.25) is 4.28 Å². The van der Waals surface area contributed by atoms with Crippen molar-refractivity contribution in [1.82, 2.24) is 0 Å². The van der Waals surface area contributed by atoms with Crippen LogP contribution in [0.5, 0.6) is 0 Å². The Morgan fingerprint density at radius 2 is 1.83 bits per heavy atom. The maximum absolute atomic E-state index is 10.7. The Hall–Kier alpha value is -1.62. The molecule has 1 aliphatic rings. The Kier molecular flexibility index (Phi) is 32.2. The molecular weight excluding hydrogens is 694 g/mol. The zero-order chi connectivity index (χ0) is 34.1. The molecule has 1 heterocycles. The molecule has 1 aromatic rings. The topological polar surface area (TPSA) is 205 Å². The quantitative estimate of drug-likeness (QED) is 0.0347.